The van der Waals surface area contributed by atoms with E-state index in [9.17, 15) is 9.59 Å². The first kappa shape index (κ1) is 31.2. The smallest absolute Gasteiger partial charge is 0.227 e. The number of benzene rings is 3. The maximum Gasteiger partial charge on any atom is 0.227 e. The first-order valence-electron chi connectivity index (χ1n) is 15.8. The number of rotatable bonds is 11. The molecule has 7 heteroatoms. The van der Waals surface area contributed by atoms with Gasteiger partial charge in [-0.1, -0.05) is 63.1 Å². The number of hydrogen-bond donors (Lipinski definition) is 1. The Morgan fingerprint density at radius 1 is 0.932 bits per heavy atom. The Bertz CT molecular complexity index is 1530. The molecule has 5 rings (SSSR count). The van der Waals surface area contributed by atoms with Gasteiger partial charge < -0.3 is 19.5 Å². The zero-order chi connectivity index (χ0) is 31.2. The molecule has 0 radical (unpaired) electrons. The van der Waals surface area contributed by atoms with Crippen molar-refractivity contribution in [2.75, 3.05) is 24.4 Å². The summed E-state index contributed by atoms with van der Waals surface area (Å²) in [7, 11) is 3.23. The van der Waals surface area contributed by atoms with E-state index in [0.29, 0.717) is 42.1 Å². The second-order valence-corrected chi connectivity index (χ2v) is 11.7. The van der Waals surface area contributed by atoms with Gasteiger partial charge in [-0.3, -0.25) is 14.5 Å². The van der Waals surface area contributed by atoms with E-state index in [0.717, 1.165) is 53.9 Å². The monoisotopic (exact) mass is 596 g/mol. The number of Topliss-reactive ketones (excluding diaryl/α,β-unsaturated/α-hetero) is 1. The summed E-state index contributed by atoms with van der Waals surface area (Å²) < 4.78 is 17.5. The Kier molecular flexibility index (Phi) is 9.93. The maximum atomic E-state index is 14.5. The molecule has 1 heterocycles. The standard InChI is InChI=1S/C37H44N2O5/c1-6-8-9-18-35(41)39-30-16-12-11-15-28(30)38-29-21-26(25-19-20-33(42-4)34(23-25)43-5)22-31(40)36(29)37(39)27-14-10-13-17-32(27)44-24(3)7-2/h10-17,19-20,23-24,26,37-38H,6-9,18,21-22H2,1-5H3/t24-,26-,37+/m0/s1. The summed E-state index contributed by atoms with van der Waals surface area (Å²) in [6, 6.07) is 21.0. The molecule has 0 saturated heterocycles. The number of nitrogens with zero attached hydrogens (tertiary/aromatic N) is 1. The zero-order valence-corrected chi connectivity index (χ0v) is 26.5. The second kappa shape index (κ2) is 14.0. The van der Waals surface area contributed by atoms with Crippen LogP contribution in [0.2, 0.25) is 0 Å². The molecule has 0 spiro atoms. The van der Waals surface area contributed by atoms with Crippen molar-refractivity contribution in [1.29, 1.82) is 0 Å². The van der Waals surface area contributed by atoms with Crippen LogP contribution in [-0.4, -0.2) is 32.0 Å². The van der Waals surface area contributed by atoms with E-state index >= 15 is 0 Å². The van der Waals surface area contributed by atoms with Gasteiger partial charge in [0.25, 0.3) is 0 Å². The lowest BCUT2D eigenvalue weighted by atomic mass is 9.78. The minimum atomic E-state index is -0.630. The van der Waals surface area contributed by atoms with Gasteiger partial charge in [-0.05, 0) is 68.0 Å². The normalized spacial score (nSPS) is 18.5. The van der Waals surface area contributed by atoms with Crippen molar-refractivity contribution in [1.82, 2.24) is 0 Å². The van der Waals surface area contributed by atoms with Gasteiger partial charge in [0, 0.05) is 29.7 Å². The van der Waals surface area contributed by atoms with Crippen LogP contribution in [0.1, 0.15) is 88.8 Å². The fraction of sp³-hybridized carbons (Fsp3) is 0.405. The Hall–Kier alpha value is -4.26. The van der Waals surface area contributed by atoms with Gasteiger partial charge in [0.05, 0.1) is 37.7 Å². The van der Waals surface area contributed by atoms with E-state index in [1.165, 1.54) is 0 Å². The second-order valence-electron chi connectivity index (χ2n) is 11.7. The lowest BCUT2D eigenvalue weighted by molar-refractivity contribution is -0.119. The molecule has 3 aromatic carbocycles. The number of allylic oxidation sites excluding steroid dienone is 1. The van der Waals surface area contributed by atoms with Crippen molar-refractivity contribution in [2.45, 2.75) is 83.8 Å². The summed E-state index contributed by atoms with van der Waals surface area (Å²) in [5.74, 6) is 1.92. The Morgan fingerprint density at radius 2 is 1.68 bits per heavy atom. The van der Waals surface area contributed by atoms with Gasteiger partial charge >= 0.3 is 0 Å². The fourth-order valence-corrected chi connectivity index (χ4v) is 6.26. The van der Waals surface area contributed by atoms with Crippen LogP contribution in [0.4, 0.5) is 11.4 Å². The predicted octanol–water partition coefficient (Wildman–Crippen LogP) is 8.36. The van der Waals surface area contributed by atoms with Crippen LogP contribution in [0.5, 0.6) is 17.2 Å². The van der Waals surface area contributed by atoms with Crippen molar-refractivity contribution in [3.8, 4) is 17.2 Å². The number of para-hydroxylation sites is 3. The number of ketones is 1. The molecule has 0 aromatic heterocycles. The first-order valence-corrected chi connectivity index (χ1v) is 15.8. The molecule has 0 fully saturated rings. The average Bonchev–Trinajstić information content (AvgIpc) is 3.19. The van der Waals surface area contributed by atoms with E-state index in [1.54, 1.807) is 14.2 Å². The van der Waals surface area contributed by atoms with Crippen LogP contribution in [0.15, 0.2) is 78.0 Å². The molecule has 1 aliphatic carbocycles. The van der Waals surface area contributed by atoms with E-state index in [2.05, 4.69) is 19.2 Å². The maximum absolute atomic E-state index is 14.5. The molecule has 0 unspecified atom stereocenters. The van der Waals surface area contributed by atoms with Gasteiger partial charge in [-0.2, -0.15) is 0 Å². The first-order chi connectivity index (χ1) is 21.4. The highest BCUT2D eigenvalue weighted by Gasteiger charge is 2.42. The molecule has 1 N–H and O–H groups in total. The number of nitrogens with one attached hydrogen (secondary N) is 1. The molecule has 1 aliphatic heterocycles. The van der Waals surface area contributed by atoms with Crippen molar-refractivity contribution in [2.24, 2.45) is 0 Å². The molecule has 232 valence electrons. The van der Waals surface area contributed by atoms with Crippen LogP contribution < -0.4 is 24.4 Å². The zero-order valence-electron chi connectivity index (χ0n) is 26.5. The number of unbranched alkanes of at least 4 members (excludes halogenated alkanes) is 2. The summed E-state index contributed by atoms with van der Waals surface area (Å²) >= 11 is 0. The number of methoxy groups -OCH3 is 2. The molecule has 3 aromatic rings. The minimum absolute atomic E-state index is 0.000364. The van der Waals surface area contributed by atoms with Gasteiger partial charge in [0.15, 0.2) is 17.3 Å². The van der Waals surface area contributed by atoms with E-state index in [-0.39, 0.29) is 23.7 Å². The number of amides is 1. The lowest BCUT2D eigenvalue weighted by Crippen LogP contribution is -2.38. The van der Waals surface area contributed by atoms with E-state index in [1.807, 2.05) is 78.6 Å². The third-order valence-electron chi connectivity index (χ3n) is 8.75. The van der Waals surface area contributed by atoms with Gasteiger partial charge in [0.1, 0.15) is 5.75 Å². The molecular weight excluding hydrogens is 552 g/mol. The van der Waals surface area contributed by atoms with Crippen molar-refractivity contribution in [3.63, 3.8) is 0 Å². The van der Waals surface area contributed by atoms with Gasteiger partial charge in [-0.25, -0.2) is 0 Å². The van der Waals surface area contributed by atoms with Crippen LogP contribution >= 0.6 is 0 Å². The van der Waals surface area contributed by atoms with Crippen LogP contribution in [0.3, 0.4) is 0 Å². The predicted molar refractivity (Wildman–Crippen MR) is 175 cm³/mol. The Morgan fingerprint density at radius 3 is 2.43 bits per heavy atom. The van der Waals surface area contributed by atoms with Crippen molar-refractivity contribution < 1.29 is 23.8 Å². The molecule has 1 amide bonds. The van der Waals surface area contributed by atoms with Crippen LogP contribution in [-0.2, 0) is 9.59 Å². The van der Waals surface area contributed by atoms with E-state index in [4.69, 9.17) is 14.2 Å². The molecule has 3 atom stereocenters. The Labute approximate surface area is 261 Å². The fourth-order valence-electron chi connectivity index (χ4n) is 6.26. The number of ether oxygens (including phenoxy) is 3. The van der Waals surface area contributed by atoms with Gasteiger partial charge in [0.2, 0.25) is 5.91 Å². The number of hydrogen-bond acceptors (Lipinski definition) is 6. The highest BCUT2D eigenvalue weighted by molar-refractivity contribution is 6.06. The Balaban J connectivity index is 1.68. The molecule has 0 bridgehead atoms. The summed E-state index contributed by atoms with van der Waals surface area (Å²) in [5, 5.41) is 3.63. The molecule has 7 nitrogen and oxygen atoms in total. The van der Waals surface area contributed by atoms with E-state index < -0.39 is 6.04 Å². The summed E-state index contributed by atoms with van der Waals surface area (Å²) in [4.78, 5) is 30.6. The summed E-state index contributed by atoms with van der Waals surface area (Å²) in [6.45, 7) is 6.26. The van der Waals surface area contributed by atoms with Gasteiger partial charge in [-0.15, -0.1) is 0 Å². The topological polar surface area (TPSA) is 77.1 Å². The molecule has 44 heavy (non-hydrogen) atoms. The minimum Gasteiger partial charge on any atom is -0.493 e. The third kappa shape index (κ3) is 6.33. The SMILES string of the molecule is CCCCCC(=O)N1c2ccccc2NC2=C(C(=O)C[C@@H](c3ccc(OC)c(OC)c3)C2)[C@H]1c1ccccc1O[C@@H](C)CC. The molecule has 2 aliphatic rings. The number of anilines is 2. The quantitative estimate of drug-likeness (QED) is 0.224. The largest absolute Gasteiger partial charge is 0.493 e. The van der Waals surface area contributed by atoms with Crippen molar-refractivity contribution >= 4 is 23.1 Å². The summed E-state index contributed by atoms with van der Waals surface area (Å²) in [5.41, 5.74) is 4.87. The molecule has 0 saturated carbocycles. The average molecular weight is 597 g/mol. The van der Waals surface area contributed by atoms with Crippen LogP contribution in [0, 0.1) is 0 Å². The lowest BCUT2D eigenvalue weighted by Gasteiger charge is -2.36. The van der Waals surface area contributed by atoms with Crippen LogP contribution in [0.25, 0.3) is 0 Å². The molecular formula is C37H44N2O5. The van der Waals surface area contributed by atoms with Crippen molar-refractivity contribution in [3.05, 3.63) is 89.1 Å². The number of fused-ring (bicyclic) bond motifs is 1. The highest BCUT2D eigenvalue weighted by atomic mass is 16.5. The highest BCUT2D eigenvalue weighted by Crippen LogP contribution is 2.49. The number of carbonyl (C=O) groups excluding carboxylic acids is 2. The number of carbonyl (C=O) groups is 2. The third-order valence-corrected chi connectivity index (χ3v) is 8.75. The summed E-state index contributed by atoms with van der Waals surface area (Å²) in [6.07, 6.45) is 4.92.